The van der Waals surface area contributed by atoms with Crippen LogP contribution in [-0.2, 0) is 15.1 Å². The van der Waals surface area contributed by atoms with Crippen LogP contribution in [0.1, 0.15) is 31.0 Å². The molecule has 0 bridgehead atoms. The SMILES string of the molecule is CN(C)C(C=CC(N)=O)c1cc2c(Nc3cc(Cl)c(F)cc3C(C)(C)O)ncnc2cc1OCCN1CCOCC1. The van der Waals surface area contributed by atoms with Crippen LogP contribution in [0.5, 0.6) is 5.75 Å². The first-order valence-corrected chi connectivity index (χ1v) is 13.7. The monoisotopic (exact) mass is 586 g/mol. The molecule has 4 rings (SSSR count). The number of likely N-dealkylation sites (N-methyl/N-ethyl adjacent to an activating group) is 1. The Morgan fingerprint density at radius 1 is 1.29 bits per heavy atom. The summed E-state index contributed by atoms with van der Waals surface area (Å²) in [5.41, 5.74) is 6.12. The summed E-state index contributed by atoms with van der Waals surface area (Å²) in [7, 11) is 3.77. The first-order valence-electron chi connectivity index (χ1n) is 13.3. The molecule has 12 heteroatoms. The molecule has 3 aromatic rings. The number of rotatable bonds is 11. The largest absolute Gasteiger partial charge is 0.492 e. The second kappa shape index (κ2) is 13.1. The predicted octanol–water partition coefficient (Wildman–Crippen LogP) is 3.75. The predicted molar refractivity (Wildman–Crippen MR) is 157 cm³/mol. The minimum Gasteiger partial charge on any atom is -0.492 e. The van der Waals surface area contributed by atoms with Gasteiger partial charge in [0, 0.05) is 54.0 Å². The number of nitrogens with one attached hydrogen (secondary N) is 1. The highest BCUT2D eigenvalue weighted by Crippen LogP contribution is 2.38. The number of nitrogens with zero attached hydrogens (tertiary/aromatic N) is 4. The Balaban J connectivity index is 1.78. The second-order valence-electron chi connectivity index (χ2n) is 10.6. The number of hydrogen-bond acceptors (Lipinski definition) is 9. The molecule has 1 fully saturated rings. The summed E-state index contributed by atoms with van der Waals surface area (Å²) in [6, 6.07) is 5.98. The van der Waals surface area contributed by atoms with E-state index >= 15 is 0 Å². The summed E-state index contributed by atoms with van der Waals surface area (Å²) in [5.74, 6) is -0.186. The van der Waals surface area contributed by atoms with E-state index in [4.69, 9.17) is 26.8 Å². The van der Waals surface area contributed by atoms with E-state index in [9.17, 15) is 14.3 Å². The van der Waals surface area contributed by atoms with E-state index in [1.165, 1.54) is 24.5 Å². The molecule has 0 spiro atoms. The van der Waals surface area contributed by atoms with Gasteiger partial charge in [0.25, 0.3) is 0 Å². The topological polar surface area (TPSA) is 126 Å². The smallest absolute Gasteiger partial charge is 0.241 e. The molecule has 1 saturated heterocycles. The summed E-state index contributed by atoms with van der Waals surface area (Å²) < 4.78 is 26.1. The summed E-state index contributed by atoms with van der Waals surface area (Å²) in [4.78, 5) is 24.7. The number of morpholine rings is 1. The Bertz CT molecular complexity index is 1420. The molecule has 2 heterocycles. The molecule has 1 amide bonds. The van der Waals surface area contributed by atoms with Crippen molar-refractivity contribution in [2.24, 2.45) is 5.73 Å². The number of benzene rings is 2. The van der Waals surface area contributed by atoms with E-state index < -0.39 is 17.3 Å². The van der Waals surface area contributed by atoms with Gasteiger partial charge in [0.15, 0.2) is 0 Å². The van der Waals surface area contributed by atoms with Crippen molar-refractivity contribution in [1.29, 1.82) is 0 Å². The van der Waals surface area contributed by atoms with Gasteiger partial charge in [0.2, 0.25) is 5.91 Å². The lowest BCUT2D eigenvalue weighted by Gasteiger charge is -2.28. The highest BCUT2D eigenvalue weighted by Gasteiger charge is 2.24. The van der Waals surface area contributed by atoms with Crippen molar-refractivity contribution in [1.82, 2.24) is 19.8 Å². The summed E-state index contributed by atoms with van der Waals surface area (Å²) in [6.45, 7) is 7.38. The van der Waals surface area contributed by atoms with Gasteiger partial charge in [-0.05, 0) is 46.1 Å². The molecule has 1 aromatic heterocycles. The molecule has 1 aliphatic heterocycles. The molecule has 1 unspecified atom stereocenters. The van der Waals surface area contributed by atoms with Crippen LogP contribution < -0.4 is 15.8 Å². The maximum Gasteiger partial charge on any atom is 0.241 e. The number of nitrogens with two attached hydrogens (primary N) is 1. The molecule has 1 aliphatic rings. The summed E-state index contributed by atoms with van der Waals surface area (Å²) in [5, 5.41) is 14.5. The lowest BCUT2D eigenvalue weighted by molar-refractivity contribution is -0.113. The highest BCUT2D eigenvalue weighted by atomic mass is 35.5. The quantitative estimate of drug-likeness (QED) is 0.288. The van der Waals surface area contributed by atoms with Gasteiger partial charge in [-0.2, -0.15) is 0 Å². The highest BCUT2D eigenvalue weighted by molar-refractivity contribution is 6.31. The van der Waals surface area contributed by atoms with Gasteiger partial charge in [0.1, 0.15) is 30.3 Å². The van der Waals surface area contributed by atoms with Crippen LogP contribution in [0.3, 0.4) is 0 Å². The number of ether oxygens (including phenoxy) is 2. The number of anilines is 2. The van der Waals surface area contributed by atoms with Crippen LogP contribution in [0, 0.1) is 5.82 Å². The summed E-state index contributed by atoms with van der Waals surface area (Å²) in [6.07, 6.45) is 4.44. The maximum atomic E-state index is 14.3. The number of hydrogen-bond donors (Lipinski definition) is 3. The standard InChI is InChI=1S/C29H36ClFN6O4/c1-29(2,39)20-14-22(31)21(30)15-24(20)35-28-18-13-19(25(36(3)4)5-6-27(32)38)26(16-23(18)33-17-34-28)41-12-9-37-7-10-40-11-8-37/h5-6,13-17,25,39H,7-12H2,1-4H3,(H2,32,38)(H,33,34,35). The molecule has 1 atom stereocenters. The van der Waals surface area contributed by atoms with Crippen LogP contribution in [0.2, 0.25) is 5.02 Å². The second-order valence-corrected chi connectivity index (χ2v) is 11.0. The molecule has 4 N–H and O–H groups in total. The van der Waals surface area contributed by atoms with E-state index in [-0.39, 0.29) is 11.1 Å². The average Bonchev–Trinajstić information content (AvgIpc) is 2.90. The Kier molecular flexibility index (Phi) is 9.77. The van der Waals surface area contributed by atoms with E-state index in [1.807, 2.05) is 31.1 Å². The van der Waals surface area contributed by atoms with E-state index in [0.29, 0.717) is 53.5 Å². The zero-order chi connectivity index (χ0) is 29.7. The lowest BCUT2D eigenvalue weighted by atomic mass is 9.96. The van der Waals surface area contributed by atoms with E-state index in [1.54, 1.807) is 19.9 Å². The fraction of sp³-hybridized carbons (Fsp3) is 0.414. The van der Waals surface area contributed by atoms with Gasteiger partial charge < -0.3 is 25.6 Å². The number of aromatic nitrogens is 2. The normalized spacial score (nSPS) is 15.5. The van der Waals surface area contributed by atoms with Crippen molar-refractivity contribution >= 4 is 39.9 Å². The summed E-state index contributed by atoms with van der Waals surface area (Å²) >= 11 is 6.10. The molecular weight excluding hydrogens is 551 g/mol. The third kappa shape index (κ3) is 7.69. The Morgan fingerprint density at radius 2 is 2.02 bits per heavy atom. The zero-order valence-corrected chi connectivity index (χ0v) is 24.4. The number of carbonyl (C=O) groups excluding carboxylic acids is 1. The molecule has 220 valence electrons. The number of carbonyl (C=O) groups is 1. The molecule has 0 aliphatic carbocycles. The fourth-order valence-electron chi connectivity index (χ4n) is 4.69. The Morgan fingerprint density at radius 3 is 2.68 bits per heavy atom. The first kappa shape index (κ1) is 30.6. The van der Waals surface area contributed by atoms with Gasteiger partial charge in [-0.1, -0.05) is 17.7 Å². The lowest BCUT2D eigenvalue weighted by Crippen LogP contribution is -2.38. The van der Waals surface area contributed by atoms with Gasteiger partial charge >= 0.3 is 0 Å². The van der Waals surface area contributed by atoms with Crippen molar-refractivity contribution in [3.05, 3.63) is 64.7 Å². The van der Waals surface area contributed by atoms with Crippen LogP contribution in [0.15, 0.2) is 42.7 Å². The number of halogens is 2. The Labute approximate surface area is 243 Å². The number of aliphatic hydroxyl groups is 1. The average molecular weight is 587 g/mol. The third-order valence-corrected chi connectivity index (χ3v) is 7.12. The van der Waals surface area contributed by atoms with Crippen LogP contribution in [0.25, 0.3) is 10.9 Å². The zero-order valence-electron chi connectivity index (χ0n) is 23.7. The van der Waals surface area contributed by atoms with Gasteiger partial charge in [-0.3, -0.25) is 14.6 Å². The van der Waals surface area contributed by atoms with Crippen molar-refractivity contribution in [3.8, 4) is 5.75 Å². The molecule has 10 nitrogen and oxygen atoms in total. The van der Waals surface area contributed by atoms with Crippen LogP contribution in [-0.4, -0.2) is 84.3 Å². The van der Waals surface area contributed by atoms with Crippen LogP contribution >= 0.6 is 11.6 Å². The van der Waals surface area contributed by atoms with Gasteiger partial charge in [-0.15, -0.1) is 0 Å². The van der Waals surface area contributed by atoms with E-state index in [2.05, 4.69) is 20.2 Å². The molecule has 2 aromatic carbocycles. The van der Waals surface area contributed by atoms with E-state index in [0.717, 1.165) is 25.2 Å². The minimum atomic E-state index is -1.36. The number of amides is 1. The minimum absolute atomic E-state index is 0.0974. The fourth-order valence-corrected chi connectivity index (χ4v) is 4.85. The first-order chi connectivity index (χ1) is 19.4. The van der Waals surface area contributed by atoms with Gasteiger partial charge in [0.05, 0.1) is 35.4 Å². The van der Waals surface area contributed by atoms with Crippen LogP contribution in [0.4, 0.5) is 15.9 Å². The van der Waals surface area contributed by atoms with Crippen molar-refractivity contribution in [2.45, 2.75) is 25.5 Å². The molecule has 0 saturated carbocycles. The Hall–Kier alpha value is -3.35. The molecule has 0 radical (unpaired) electrons. The molecular formula is C29H36ClFN6O4. The molecule has 41 heavy (non-hydrogen) atoms. The third-order valence-electron chi connectivity index (χ3n) is 6.83. The number of fused-ring (bicyclic) bond motifs is 1. The maximum absolute atomic E-state index is 14.3. The van der Waals surface area contributed by atoms with Gasteiger partial charge in [-0.25, -0.2) is 14.4 Å². The van der Waals surface area contributed by atoms with Crippen molar-refractivity contribution in [2.75, 3.05) is 58.9 Å². The number of primary amides is 1. The van der Waals surface area contributed by atoms with Crippen molar-refractivity contribution < 1.29 is 23.8 Å². The van der Waals surface area contributed by atoms with Crippen molar-refractivity contribution in [3.63, 3.8) is 0 Å².